The van der Waals surface area contributed by atoms with Crippen LogP contribution < -0.4 is 0 Å². The van der Waals surface area contributed by atoms with Gasteiger partial charge in [-0.15, -0.1) is 0 Å². The number of nitro benzene ring substituents is 1. The SMILES string of the molecule is COP(=O)(OC)OC(C(=O)N(C(=O)c1ccc([N+](=O)[O-])cc1)C1CCCCC1)c1ccc(Cl)cc1. The molecule has 0 saturated heterocycles. The average molecular weight is 525 g/mol. The van der Waals surface area contributed by atoms with Crippen molar-refractivity contribution in [2.24, 2.45) is 0 Å². The van der Waals surface area contributed by atoms with Gasteiger partial charge in [-0.05, 0) is 42.7 Å². The third kappa shape index (κ3) is 6.54. The van der Waals surface area contributed by atoms with Gasteiger partial charge in [0.25, 0.3) is 17.5 Å². The van der Waals surface area contributed by atoms with Crippen LogP contribution in [0.3, 0.4) is 0 Å². The standard InChI is InChI=1S/C23H26ClN2O8P/c1-32-35(31,33-2)34-21(16-8-12-18(24)13-9-16)23(28)25(19-6-4-3-5-7-19)22(27)17-10-14-20(15-11-17)26(29)30/h8-15,19,21H,3-7H2,1-2H3. The maximum atomic E-state index is 13.9. The van der Waals surface area contributed by atoms with Crippen LogP contribution in [-0.4, -0.2) is 41.9 Å². The number of hydrogen-bond acceptors (Lipinski definition) is 8. The van der Waals surface area contributed by atoms with Crippen molar-refractivity contribution in [1.29, 1.82) is 0 Å². The van der Waals surface area contributed by atoms with Gasteiger partial charge in [-0.25, -0.2) is 4.57 Å². The molecule has 35 heavy (non-hydrogen) atoms. The Hall–Kier alpha value is -2.62. The lowest BCUT2D eigenvalue weighted by Crippen LogP contribution is -2.48. The van der Waals surface area contributed by atoms with Crippen molar-refractivity contribution < 1.29 is 32.6 Å². The minimum Gasteiger partial charge on any atom is -0.290 e. The lowest BCUT2D eigenvalue weighted by molar-refractivity contribution is -0.384. The maximum Gasteiger partial charge on any atom is 0.475 e. The number of imide groups is 1. The Bertz CT molecular complexity index is 1100. The molecule has 1 atom stereocenters. The summed E-state index contributed by atoms with van der Waals surface area (Å²) in [6.07, 6.45) is 2.30. The Balaban J connectivity index is 2.04. The number of phosphoric acid groups is 1. The molecule has 1 saturated carbocycles. The van der Waals surface area contributed by atoms with E-state index >= 15 is 0 Å². The quantitative estimate of drug-likeness (QED) is 0.232. The molecule has 1 aliphatic rings. The minimum absolute atomic E-state index is 0.103. The normalized spacial score (nSPS) is 15.4. The van der Waals surface area contributed by atoms with Gasteiger partial charge in [-0.3, -0.25) is 38.2 Å². The topological polar surface area (TPSA) is 125 Å². The van der Waals surface area contributed by atoms with Crippen molar-refractivity contribution in [2.75, 3.05) is 14.2 Å². The molecule has 2 aromatic rings. The molecule has 2 aromatic carbocycles. The summed E-state index contributed by atoms with van der Waals surface area (Å²) < 4.78 is 28.2. The molecule has 0 aromatic heterocycles. The van der Waals surface area contributed by atoms with E-state index in [4.69, 9.17) is 25.2 Å². The number of halogens is 1. The minimum atomic E-state index is -4.13. The average Bonchev–Trinajstić information content (AvgIpc) is 2.88. The molecule has 0 heterocycles. The number of phosphoric ester groups is 1. The number of nitrogens with zero attached hydrogens (tertiary/aromatic N) is 2. The Morgan fingerprint density at radius 2 is 1.60 bits per heavy atom. The molecular weight excluding hydrogens is 499 g/mol. The summed E-state index contributed by atoms with van der Waals surface area (Å²) in [6, 6.07) is 10.7. The molecule has 10 nitrogen and oxygen atoms in total. The zero-order valence-electron chi connectivity index (χ0n) is 19.3. The molecule has 1 unspecified atom stereocenters. The number of rotatable bonds is 9. The molecular formula is C23H26ClN2O8P. The molecule has 0 spiro atoms. The summed E-state index contributed by atoms with van der Waals surface area (Å²) in [6.45, 7) is 0. The van der Waals surface area contributed by atoms with Gasteiger partial charge in [-0.2, -0.15) is 0 Å². The highest BCUT2D eigenvalue weighted by atomic mass is 35.5. The smallest absolute Gasteiger partial charge is 0.290 e. The van der Waals surface area contributed by atoms with Crippen LogP contribution >= 0.6 is 19.4 Å². The van der Waals surface area contributed by atoms with E-state index in [0.717, 1.165) is 38.4 Å². The Labute approximate surface area is 207 Å². The summed E-state index contributed by atoms with van der Waals surface area (Å²) >= 11 is 5.99. The number of carbonyl (C=O) groups is 2. The molecule has 0 N–H and O–H groups in total. The summed E-state index contributed by atoms with van der Waals surface area (Å²) in [5.74, 6) is -1.39. The number of amides is 2. The molecule has 1 aliphatic carbocycles. The van der Waals surface area contributed by atoms with Gasteiger partial charge in [-0.1, -0.05) is 43.0 Å². The number of non-ortho nitro benzene ring substituents is 1. The van der Waals surface area contributed by atoms with E-state index in [1.807, 2.05) is 0 Å². The molecule has 188 valence electrons. The van der Waals surface area contributed by atoms with Crippen LogP contribution in [0.4, 0.5) is 5.69 Å². The first-order chi connectivity index (χ1) is 16.7. The number of carbonyl (C=O) groups excluding carboxylic acids is 2. The monoisotopic (exact) mass is 524 g/mol. The van der Waals surface area contributed by atoms with Gasteiger partial charge in [0, 0.05) is 43.0 Å². The molecule has 12 heteroatoms. The largest absolute Gasteiger partial charge is 0.475 e. The molecule has 0 bridgehead atoms. The first kappa shape index (κ1) is 27.0. The van der Waals surface area contributed by atoms with Crippen LogP contribution in [0.5, 0.6) is 0 Å². The maximum absolute atomic E-state index is 13.9. The molecule has 3 rings (SSSR count). The van der Waals surface area contributed by atoms with E-state index < -0.39 is 36.7 Å². The predicted molar refractivity (Wildman–Crippen MR) is 128 cm³/mol. The van der Waals surface area contributed by atoms with Crippen molar-refractivity contribution >= 4 is 36.9 Å². The van der Waals surface area contributed by atoms with Gasteiger partial charge in [0.2, 0.25) is 0 Å². The van der Waals surface area contributed by atoms with E-state index in [1.54, 1.807) is 0 Å². The van der Waals surface area contributed by atoms with E-state index in [1.165, 1.54) is 48.5 Å². The zero-order valence-corrected chi connectivity index (χ0v) is 20.9. The second kappa shape index (κ2) is 11.9. The van der Waals surface area contributed by atoms with Crippen LogP contribution in [0.25, 0.3) is 0 Å². The van der Waals surface area contributed by atoms with Gasteiger partial charge in [0.15, 0.2) is 6.10 Å². The van der Waals surface area contributed by atoms with Crippen LogP contribution in [0.15, 0.2) is 48.5 Å². The Morgan fingerprint density at radius 3 is 2.11 bits per heavy atom. The second-order valence-electron chi connectivity index (χ2n) is 7.96. The Morgan fingerprint density at radius 1 is 1.03 bits per heavy atom. The Kier molecular flexibility index (Phi) is 9.15. The fourth-order valence-electron chi connectivity index (χ4n) is 3.95. The summed E-state index contributed by atoms with van der Waals surface area (Å²) in [7, 11) is -1.90. The van der Waals surface area contributed by atoms with Crippen molar-refractivity contribution in [3.63, 3.8) is 0 Å². The highest BCUT2D eigenvalue weighted by Gasteiger charge is 2.41. The van der Waals surface area contributed by atoms with Crippen molar-refractivity contribution in [1.82, 2.24) is 4.90 Å². The van der Waals surface area contributed by atoms with Gasteiger partial charge in [0.05, 0.1) is 4.92 Å². The highest BCUT2D eigenvalue weighted by molar-refractivity contribution is 7.48. The lowest BCUT2D eigenvalue weighted by Gasteiger charge is -2.35. The van der Waals surface area contributed by atoms with Crippen LogP contribution in [0, 0.1) is 10.1 Å². The van der Waals surface area contributed by atoms with E-state index in [2.05, 4.69) is 0 Å². The van der Waals surface area contributed by atoms with Gasteiger partial charge in [0.1, 0.15) is 0 Å². The fraction of sp³-hybridized carbons (Fsp3) is 0.391. The van der Waals surface area contributed by atoms with Crippen molar-refractivity contribution in [3.05, 3.63) is 74.8 Å². The lowest BCUT2D eigenvalue weighted by atomic mass is 9.92. The third-order valence-electron chi connectivity index (χ3n) is 5.80. The van der Waals surface area contributed by atoms with Crippen LogP contribution in [0.1, 0.15) is 54.1 Å². The highest BCUT2D eigenvalue weighted by Crippen LogP contribution is 2.52. The van der Waals surface area contributed by atoms with Crippen LogP contribution in [0.2, 0.25) is 5.02 Å². The first-order valence-electron chi connectivity index (χ1n) is 11.0. The predicted octanol–water partition coefficient (Wildman–Crippen LogP) is 5.71. The van der Waals surface area contributed by atoms with E-state index in [9.17, 15) is 24.3 Å². The molecule has 2 amide bonds. The molecule has 0 aliphatic heterocycles. The fourth-order valence-corrected chi connectivity index (χ4v) is 4.87. The molecule has 0 radical (unpaired) electrons. The first-order valence-corrected chi connectivity index (χ1v) is 12.8. The number of hydrogen-bond donors (Lipinski definition) is 0. The van der Waals surface area contributed by atoms with E-state index in [-0.39, 0.29) is 11.3 Å². The van der Waals surface area contributed by atoms with E-state index in [0.29, 0.717) is 23.4 Å². The van der Waals surface area contributed by atoms with Crippen molar-refractivity contribution in [2.45, 2.75) is 44.2 Å². The second-order valence-corrected chi connectivity index (χ2v) is 10.2. The van der Waals surface area contributed by atoms with Gasteiger partial charge < -0.3 is 0 Å². The number of benzene rings is 2. The van der Waals surface area contributed by atoms with Gasteiger partial charge >= 0.3 is 7.82 Å². The van der Waals surface area contributed by atoms with Crippen LogP contribution in [-0.2, 0) is 22.9 Å². The van der Waals surface area contributed by atoms with Crippen molar-refractivity contribution in [3.8, 4) is 0 Å². The summed E-state index contributed by atoms with van der Waals surface area (Å²) in [5.41, 5.74) is 0.220. The number of nitro groups is 1. The third-order valence-corrected chi connectivity index (χ3v) is 7.42. The zero-order chi connectivity index (χ0) is 25.6. The molecule has 1 fully saturated rings. The summed E-state index contributed by atoms with van der Waals surface area (Å²) in [4.78, 5) is 39.1. The summed E-state index contributed by atoms with van der Waals surface area (Å²) in [5, 5.41) is 11.4.